The lowest BCUT2D eigenvalue weighted by atomic mass is 10.2. The Morgan fingerprint density at radius 2 is 2.00 bits per heavy atom. The number of methoxy groups -OCH3 is 1. The van der Waals surface area contributed by atoms with Gasteiger partial charge >= 0.3 is 6.01 Å². The third kappa shape index (κ3) is 4.69. The van der Waals surface area contributed by atoms with Crippen LogP contribution < -0.4 is 15.0 Å². The minimum absolute atomic E-state index is 0.239. The lowest BCUT2D eigenvalue weighted by Crippen LogP contribution is -2.17. The summed E-state index contributed by atoms with van der Waals surface area (Å²) in [7, 11) is 5.13. The van der Waals surface area contributed by atoms with Gasteiger partial charge in [0.1, 0.15) is 5.69 Å². The third-order valence-corrected chi connectivity index (χ3v) is 3.16. The summed E-state index contributed by atoms with van der Waals surface area (Å²) >= 11 is 5.82. The smallest absolute Gasteiger partial charge is 0.318 e. The highest BCUT2D eigenvalue weighted by molar-refractivity contribution is 6.30. The molecule has 23 heavy (non-hydrogen) atoms. The number of carbonyl (C=O) groups excluding carboxylic acids is 1. The van der Waals surface area contributed by atoms with Crippen LogP contribution in [0.4, 0.5) is 11.5 Å². The minimum Gasteiger partial charge on any atom is -0.467 e. The van der Waals surface area contributed by atoms with Crippen molar-refractivity contribution < 1.29 is 9.53 Å². The first kappa shape index (κ1) is 16.8. The maximum absolute atomic E-state index is 12.1. The van der Waals surface area contributed by atoms with Gasteiger partial charge in [-0.15, -0.1) is 0 Å². The second-order valence-corrected chi connectivity index (χ2v) is 5.30. The SMILES string of the molecule is COc1ncc(NC(=O)/C=C/c2ccc(Cl)cc2)c(N(C)C)n1. The van der Waals surface area contributed by atoms with Crippen LogP contribution in [0.1, 0.15) is 5.56 Å². The molecule has 1 N–H and O–H groups in total. The Bertz CT molecular complexity index is 715. The summed E-state index contributed by atoms with van der Waals surface area (Å²) in [6.45, 7) is 0. The van der Waals surface area contributed by atoms with Gasteiger partial charge in [0.15, 0.2) is 5.82 Å². The Hall–Kier alpha value is -2.60. The monoisotopic (exact) mass is 332 g/mol. The molecular formula is C16H17ClN4O2. The highest BCUT2D eigenvalue weighted by Gasteiger charge is 2.11. The molecule has 0 spiro atoms. The van der Waals surface area contributed by atoms with Crippen molar-refractivity contribution in [3.05, 3.63) is 47.1 Å². The number of benzene rings is 1. The van der Waals surface area contributed by atoms with E-state index in [0.29, 0.717) is 16.5 Å². The minimum atomic E-state index is -0.281. The first-order chi connectivity index (χ1) is 11.0. The van der Waals surface area contributed by atoms with Crippen molar-refractivity contribution in [1.82, 2.24) is 9.97 Å². The first-order valence-corrected chi connectivity index (χ1v) is 7.20. The number of rotatable bonds is 5. The van der Waals surface area contributed by atoms with Crippen LogP contribution >= 0.6 is 11.6 Å². The molecule has 0 aliphatic carbocycles. The van der Waals surface area contributed by atoms with Gasteiger partial charge < -0.3 is 15.0 Å². The molecule has 0 atom stereocenters. The maximum Gasteiger partial charge on any atom is 0.318 e. The average molecular weight is 333 g/mol. The molecule has 1 amide bonds. The summed E-state index contributed by atoms with van der Waals surface area (Å²) in [6, 6.07) is 7.42. The number of carbonyl (C=O) groups is 1. The quantitative estimate of drug-likeness (QED) is 0.853. The molecule has 6 nitrogen and oxygen atoms in total. The second kappa shape index (κ2) is 7.60. The fourth-order valence-electron chi connectivity index (χ4n) is 1.80. The van der Waals surface area contributed by atoms with Crippen molar-refractivity contribution in [1.29, 1.82) is 0 Å². The Morgan fingerprint density at radius 1 is 1.30 bits per heavy atom. The summed E-state index contributed by atoms with van der Waals surface area (Å²) in [5.74, 6) is 0.280. The molecule has 0 saturated carbocycles. The molecule has 7 heteroatoms. The first-order valence-electron chi connectivity index (χ1n) is 6.82. The summed E-state index contributed by atoms with van der Waals surface area (Å²) < 4.78 is 4.99. The number of anilines is 2. The number of nitrogens with zero attached hydrogens (tertiary/aromatic N) is 3. The molecule has 0 saturated heterocycles. The number of halogens is 1. The molecule has 0 aliphatic rings. The Labute approximate surface area is 139 Å². The standard InChI is InChI=1S/C16H17ClN4O2/c1-21(2)15-13(10-18-16(20-15)23-3)19-14(22)9-6-11-4-7-12(17)8-5-11/h4-10H,1-3H3,(H,19,22)/b9-6+. The normalized spacial score (nSPS) is 10.6. The van der Waals surface area contributed by atoms with Gasteiger partial charge in [-0.2, -0.15) is 4.98 Å². The van der Waals surface area contributed by atoms with Crippen molar-refractivity contribution in [3.63, 3.8) is 0 Å². The molecule has 1 heterocycles. The van der Waals surface area contributed by atoms with E-state index in [-0.39, 0.29) is 11.9 Å². The van der Waals surface area contributed by atoms with Gasteiger partial charge in [-0.25, -0.2) is 4.98 Å². The van der Waals surface area contributed by atoms with Crippen LogP contribution in [0.2, 0.25) is 5.02 Å². The van der Waals surface area contributed by atoms with E-state index < -0.39 is 0 Å². The number of nitrogens with one attached hydrogen (secondary N) is 1. The van der Waals surface area contributed by atoms with Crippen molar-refractivity contribution in [3.8, 4) is 6.01 Å². The fraction of sp³-hybridized carbons (Fsp3) is 0.188. The Kier molecular flexibility index (Phi) is 5.54. The third-order valence-electron chi connectivity index (χ3n) is 2.91. The topological polar surface area (TPSA) is 67.3 Å². The van der Waals surface area contributed by atoms with Crippen LogP contribution in [0.5, 0.6) is 6.01 Å². The summed E-state index contributed by atoms with van der Waals surface area (Å²) in [4.78, 5) is 22.0. The molecule has 0 unspecified atom stereocenters. The Balaban J connectivity index is 2.12. The van der Waals surface area contributed by atoms with Crippen LogP contribution in [0.15, 0.2) is 36.5 Å². The van der Waals surface area contributed by atoms with Gasteiger partial charge in [0.05, 0.1) is 13.3 Å². The number of hydrogen-bond donors (Lipinski definition) is 1. The van der Waals surface area contributed by atoms with E-state index in [1.54, 1.807) is 23.1 Å². The molecule has 0 bridgehead atoms. The molecule has 0 fully saturated rings. The molecular weight excluding hydrogens is 316 g/mol. The van der Waals surface area contributed by atoms with Crippen molar-refractivity contribution >= 4 is 35.1 Å². The van der Waals surface area contributed by atoms with E-state index in [2.05, 4.69) is 15.3 Å². The van der Waals surface area contributed by atoms with E-state index in [0.717, 1.165) is 5.56 Å². The van der Waals surface area contributed by atoms with Crippen molar-refractivity contribution in [2.75, 3.05) is 31.4 Å². The highest BCUT2D eigenvalue weighted by atomic mass is 35.5. The van der Waals surface area contributed by atoms with Crippen LogP contribution in [0, 0.1) is 0 Å². The van der Waals surface area contributed by atoms with Crippen LogP contribution in [0.3, 0.4) is 0 Å². The van der Waals surface area contributed by atoms with Crippen LogP contribution in [-0.4, -0.2) is 37.1 Å². The highest BCUT2D eigenvalue weighted by Crippen LogP contribution is 2.22. The molecule has 120 valence electrons. The number of amides is 1. The molecule has 1 aromatic heterocycles. The van der Waals surface area contributed by atoms with E-state index in [4.69, 9.17) is 16.3 Å². The van der Waals surface area contributed by atoms with Crippen molar-refractivity contribution in [2.45, 2.75) is 0 Å². The number of aromatic nitrogens is 2. The molecule has 2 rings (SSSR count). The van der Waals surface area contributed by atoms with Crippen LogP contribution in [-0.2, 0) is 4.79 Å². The van der Waals surface area contributed by atoms with E-state index in [9.17, 15) is 4.79 Å². The van der Waals surface area contributed by atoms with Gasteiger partial charge in [0.25, 0.3) is 0 Å². The predicted octanol–water partition coefficient (Wildman–Crippen LogP) is 2.86. The molecule has 1 aromatic carbocycles. The van der Waals surface area contributed by atoms with E-state index in [1.165, 1.54) is 19.4 Å². The lowest BCUT2D eigenvalue weighted by molar-refractivity contribution is -0.111. The zero-order valence-electron chi connectivity index (χ0n) is 13.1. The lowest BCUT2D eigenvalue weighted by Gasteiger charge is -2.16. The predicted molar refractivity (Wildman–Crippen MR) is 92.0 cm³/mol. The van der Waals surface area contributed by atoms with Crippen molar-refractivity contribution in [2.24, 2.45) is 0 Å². The number of hydrogen-bond acceptors (Lipinski definition) is 5. The largest absolute Gasteiger partial charge is 0.467 e. The zero-order valence-corrected chi connectivity index (χ0v) is 13.8. The van der Waals surface area contributed by atoms with E-state index >= 15 is 0 Å². The van der Waals surface area contributed by atoms with Gasteiger partial charge in [0.2, 0.25) is 5.91 Å². The van der Waals surface area contributed by atoms with Gasteiger partial charge in [-0.05, 0) is 23.8 Å². The van der Waals surface area contributed by atoms with Gasteiger partial charge in [-0.3, -0.25) is 4.79 Å². The molecule has 2 aromatic rings. The summed E-state index contributed by atoms with van der Waals surface area (Å²) in [5.41, 5.74) is 1.38. The fourth-order valence-corrected chi connectivity index (χ4v) is 1.93. The number of ether oxygens (including phenoxy) is 1. The second-order valence-electron chi connectivity index (χ2n) is 4.86. The van der Waals surface area contributed by atoms with E-state index in [1.807, 2.05) is 26.2 Å². The summed E-state index contributed by atoms with van der Waals surface area (Å²) in [5, 5.41) is 3.40. The van der Waals surface area contributed by atoms with Gasteiger partial charge in [-0.1, -0.05) is 23.7 Å². The average Bonchev–Trinajstić information content (AvgIpc) is 2.54. The Morgan fingerprint density at radius 3 is 2.61 bits per heavy atom. The summed E-state index contributed by atoms with van der Waals surface area (Å²) in [6.07, 6.45) is 4.65. The molecule has 0 radical (unpaired) electrons. The molecule has 0 aliphatic heterocycles. The maximum atomic E-state index is 12.1. The van der Waals surface area contributed by atoms with Gasteiger partial charge in [0, 0.05) is 25.2 Å². The van der Waals surface area contributed by atoms with Crippen LogP contribution in [0.25, 0.3) is 6.08 Å². The zero-order chi connectivity index (χ0) is 16.8.